The number of anilines is 1. The number of sulfonamides is 1. The Kier molecular flexibility index (Phi) is 5.29. The number of amides is 1. The average Bonchev–Trinajstić information content (AvgIpc) is 2.74. The third-order valence-corrected chi connectivity index (χ3v) is 5.96. The maximum absolute atomic E-state index is 13.0. The molecule has 154 valence electrons. The highest BCUT2D eigenvalue weighted by atomic mass is 32.2. The summed E-state index contributed by atoms with van der Waals surface area (Å²) >= 11 is 0. The van der Waals surface area contributed by atoms with Crippen LogP contribution in [0, 0.1) is 5.82 Å². The lowest BCUT2D eigenvalue weighted by Crippen LogP contribution is -2.50. The predicted octanol–water partition coefficient (Wildman–Crippen LogP) is 1.63. The van der Waals surface area contributed by atoms with Gasteiger partial charge in [-0.05, 0) is 36.4 Å². The molecule has 1 N–H and O–H groups in total. The van der Waals surface area contributed by atoms with E-state index in [1.54, 1.807) is 4.90 Å². The standard InChI is InChI=1S/C19H19FN2O6S/c20-13-1-3-14(4-2-13)21-29(24,25)15-5-6-16-17(11-15)27-12-18(28-16)19(23)22-7-9-26-10-8-22/h1-6,11,18,21H,7-10,12H2/t18-/m1/s1. The third kappa shape index (κ3) is 4.28. The summed E-state index contributed by atoms with van der Waals surface area (Å²) in [5.74, 6) is -0.122. The van der Waals surface area contributed by atoms with Crippen molar-refractivity contribution in [1.82, 2.24) is 4.90 Å². The van der Waals surface area contributed by atoms with E-state index in [4.69, 9.17) is 14.2 Å². The Morgan fingerprint density at radius 3 is 2.52 bits per heavy atom. The Balaban J connectivity index is 1.48. The van der Waals surface area contributed by atoms with E-state index in [0.29, 0.717) is 32.1 Å². The van der Waals surface area contributed by atoms with Crippen LogP contribution in [-0.4, -0.2) is 58.2 Å². The number of hydrogen-bond acceptors (Lipinski definition) is 6. The van der Waals surface area contributed by atoms with Crippen molar-refractivity contribution >= 4 is 21.6 Å². The molecule has 0 bridgehead atoms. The van der Waals surface area contributed by atoms with Gasteiger partial charge in [0.2, 0.25) is 6.10 Å². The van der Waals surface area contributed by atoms with E-state index in [1.807, 2.05) is 0 Å². The fourth-order valence-electron chi connectivity index (χ4n) is 3.06. The smallest absolute Gasteiger partial charge is 0.267 e. The van der Waals surface area contributed by atoms with Crippen LogP contribution in [0.15, 0.2) is 47.4 Å². The molecule has 0 aliphatic carbocycles. The van der Waals surface area contributed by atoms with Crippen LogP contribution in [0.5, 0.6) is 11.5 Å². The van der Waals surface area contributed by atoms with Crippen LogP contribution < -0.4 is 14.2 Å². The molecular weight excluding hydrogens is 403 g/mol. The quantitative estimate of drug-likeness (QED) is 0.805. The van der Waals surface area contributed by atoms with E-state index in [9.17, 15) is 17.6 Å². The van der Waals surface area contributed by atoms with Gasteiger partial charge in [-0.2, -0.15) is 0 Å². The first-order chi connectivity index (χ1) is 13.9. The van der Waals surface area contributed by atoms with Crippen LogP contribution in [0.4, 0.5) is 10.1 Å². The molecular formula is C19H19FN2O6S. The van der Waals surface area contributed by atoms with E-state index in [0.717, 1.165) is 12.1 Å². The van der Waals surface area contributed by atoms with Crippen molar-refractivity contribution in [2.75, 3.05) is 37.6 Å². The summed E-state index contributed by atoms with van der Waals surface area (Å²) in [5.41, 5.74) is 0.234. The molecule has 10 heteroatoms. The molecule has 1 saturated heterocycles. The normalized spacial score (nSPS) is 18.9. The number of hydrogen-bond donors (Lipinski definition) is 1. The highest BCUT2D eigenvalue weighted by Crippen LogP contribution is 2.34. The van der Waals surface area contributed by atoms with E-state index in [-0.39, 0.29) is 28.8 Å². The van der Waals surface area contributed by atoms with Crippen molar-refractivity contribution in [3.05, 3.63) is 48.3 Å². The zero-order valence-electron chi connectivity index (χ0n) is 15.3. The second-order valence-corrected chi connectivity index (χ2v) is 8.26. The number of carbonyl (C=O) groups is 1. The van der Waals surface area contributed by atoms with E-state index in [1.165, 1.54) is 30.3 Å². The molecule has 2 aromatic carbocycles. The van der Waals surface area contributed by atoms with Crippen LogP contribution in [0.25, 0.3) is 0 Å². The molecule has 0 spiro atoms. The van der Waals surface area contributed by atoms with Gasteiger partial charge >= 0.3 is 0 Å². The summed E-state index contributed by atoms with van der Waals surface area (Å²) in [5, 5.41) is 0. The minimum Gasteiger partial charge on any atom is -0.485 e. The zero-order valence-corrected chi connectivity index (χ0v) is 16.2. The van der Waals surface area contributed by atoms with Crippen molar-refractivity contribution in [2.45, 2.75) is 11.0 Å². The van der Waals surface area contributed by atoms with Crippen molar-refractivity contribution in [2.24, 2.45) is 0 Å². The van der Waals surface area contributed by atoms with E-state index < -0.39 is 21.9 Å². The molecule has 0 saturated carbocycles. The van der Waals surface area contributed by atoms with Gasteiger partial charge < -0.3 is 19.1 Å². The van der Waals surface area contributed by atoms with Gasteiger partial charge in [0.25, 0.3) is 15.9 Å². The van der Waals surface area contributed by atoms with Gasteiger partial charge in [0, 0.05) is 24.8 Å². The highest BCUT2D eigenvalue weighted by molar-refractivity contribution is 7.92. The number of carbonyl (C=O) groups excluding carboxylic acids is 1. The number of benzene rings is 2. The number of fused-ring (bicyclic) bond motifs is 1. The van der Waals surface area contributed by atoms with E-state index >= 15 is 0 Å². The lowest BCUT2D eigenvalue weighted by molar-refractivity contribution is -0.145. The van der Waals surface area contributed by atoms with Crippen molar-refractivity contribution in [3.63, 3.8) is 0 Å². The highest BCUT2D eigenvalue weighted by Gasteiger charge is 2.32. The van der Waals surface area contributed by atoms with Gasteiger partial charge in [-0.25, -0.2) is 12.8 Å². The first-order valence-corrected chi connectivity index (χ1v) is 10.5. The van der Waals surface area contributed by atoms with Crippen molar-refractivity contribution < 1.29 is 31.8 Å². The molecule has 0 aromatic heterocycles. The molecule has 2 heterocycles. The Morgan fingerprint density at radius 2 is 1.79 bits per heavy atom. The number of ether oxygens (including phenoxy) is 3. The predicted molar refractivity (Wildman–Crippen MR) is 101 cm³/mol. The van der Waals surface area contributed by atoms with Crippen LogP contribution in [0.1, 0.15) is 0 Å². The number of morpholine rings is 1. The maximum Gasteiger partial charge on any atom is 0.267 e. The van der Waals surface area contributed by atoms with Gasteiger partial charge in [0.1, 0.15) is 12.4 Å². The summed E-state index contributed by atoms with van der Waals surface area (Å²) in [7, 11) is -3.90. The van der Waals surface area contributed by atoms with E-state index in [2.05, 4.69) is 4.72 Å². The van der Waals surface area contributed by atoms with Crippen LogP contribution in [0.2, 0.25) is 0 Å². The monoisotopic (exact) mass is 422 g/mol. The number of nitrogens with one attached hydrogen (secondary N) is 1. The van der Waals surface area contributed by atoms with Gasteiger partial charge in [-0.3, -0.25) is 9.52 Å². The topological polar surface area (TPSA) is 94.2 Å². The molecule has 2 aliphatic rings. The lowest BCUT2D eigenvalue weighted by atomic mass is 10.2. The molecule has 2 aromatic rings. The molecule has 2 aliphatic heterocycles. The summed E-state index contributed by atoms with van der Waals surface area (Å²) < 4.78 is 57.1. The van der Waals surface area contributed by atoms with Crippen molar-refractivity contribution in [3.8, 4) is 11.5 Å². The average molecular weight is 422 g/mol. The zero-order chi connectivity index (χ0) is 20.4. The number of rotatable bonds is 4. The minimum atomic E-state index is -3.90. The first-order valence-electron chi connectivity index (χ1n) is 9.01. The third-order valence-electron chi connectivity index (χ3n) is 4.58. The second-order valence-electron chi connectivity index (χ2n) is 6.58. The van der Waals surface area contributed by atoms with Gasteiger partial charge in [0.15, 0.2) is 11.5 Å². The van der Waals surface area contributed by atoms with Crippen molar-refractivity contribution in [1.29, 1.82) is 0 Å². The summed E-state index contributed by atoms with van der Waals surface area (Å²) in [4.78, 5) is 14.2. The molecule has 0 radical (unpaired) electrons. The van der Waals surface area contributed by atoms with Crippen LogP contribution in [0.3, 0.4) is 0 Å². The number of nitrogens with zero attached hydrogens (tertiary/aromatic N) is 1. The Morgan fingerprint density at radius 1 is 1.07 bits per heavy atom. The number of halogens is 1. The minimum absolute atomic E-state index is 0.0158. The second kappa shape index (κ2) is 7.88. The Hall–Kier alpha value is -2.85. The SMILES string of the molecule is O=C([C@H]1COc2cc(S(=O)(=O)Nc3ccc(F)cc3)ccc2O1)N1CCOCC1. The summed E-state index contributed by atoms with van der Waals surface area (Å²) in [6.45, 7) is 1.95. The summed E-state index contributed by atoms with van der Waals surface area (Å²) in [6.07, 6.45) is -0.791. The molecule has 0 unspecified atom stereocenters. The molecule has 4 rings (SSSR count). The van der Waals surface area contributed by atoms with Crippen LogP contribution in [-0.2, 0) is 19.6 Å². The fourth-order valence-corrected chi connectivity index (χ4v) is 4.13. The maximum atomic E-state index is 13.0. The molecule has 1 atom stereocenters. The Labute approximate surface area is 167 Å². The fraction of sp³-hybridized carbons (Fsp3) is 0.316. The molecule has 1 amide bonds. The lowest BCUT2D eigenvalue weighted by Gasteiger charge is -2.32. The molecule has 8 nitrogen and oxygen atoms in total. The van der Waals surface area contributed by atoms with Gasteiger partial charge in [-0.15, -0.1) is 0 Å². The summed E-state index contributed by atoms with van der Waals surface area (Å²) in [6, 6.07) is 9.11. The first kappa shape index (κ1) is 19.5. The molecule has 29 heavy (non-hydrogen) atoms. The largest absolute Gasteiger partial charge is 0.485 e. The molecule has 1 fully saturated rings. The Bertz CT molecular complexity index is 1010. The van der Waals surface area contributed by atoms with Gasteiger partial charge in [-0.1, -0.05) is 0 Å². The van der Waals surface area contributed by atoms with Crippen LogP contribution >= 0.6 is 0 Å². The van der Waals surface area contributed by atoms with Gasteiger partial charge in [0.05, 0.1) is 18.1 Å².